The molecule has 0 aromatic heterocycles. The van der Waals surface area contributed by atoms with Crippen LogP contribution < -0.4 is 0 Å². The summed E-state index contributed by atoms with van der Waals surface area (Å²) in [4.78, 5) is 26.3. The van der Waals surface area contributed by atoms with E-state index in [2.05, 4.69) is 4.74 Å². The Morgan fingerprint density at radius 3 is 2.62 bits per heavy atom. The van der Waals surface area contributed by atoms with Crippen LogP contribution in [0.15, 0.2) is 24.3 Å². The Morgan fingerprint density at radius 1 is 1.33 bits per heavy atom. The van der Waals surface area contributed by atoms with E-state index >= 15 is 0 Å². The van der Waals surface area contributed by atoms with Gasteiger partial charge in [-0.2, -0.15) is 0 Å². The number of halogens is 1. The number of methoxy groups -OCH3 is 1. The first kappa shape index (κ1) is 17.2. The second-order valence-electron chi connectivity index (χ2n) is 6.46. The topological polar surface area (TPSA) is 55.8 Å². The van der Waals surface area contributed by atoms with E-state index < -0.39 is 12.1 Å². The molecule has 1 amide bonds. The standard InChI is InChI=1S/C18H22ClNO4/c1-23-17(21)9-16-18(22)20(10-12-3-2-4-12)15(11-24-16)13-5-7-14(19)8-6-13/h5-8,12,15-16H,2-4,9-11H2,1H3. The van der Waals surface area contributed by atoms with Crippen molar-refractivity contribution in [2.24, 2.45) is 5.92 Å². The van der Waals surface area contributed by atoms with Crippen LogP contribution in [-0.2, 0) is 19.1 Å². The summed E-state index contributed by atoms with van der Waals surface area (Å²) < 4.78 is 10.4. The fraction of sp³-hybridized carbons (Fsp3) is 0.556. The second kappa shape index (κ2) is 7.53. The van der Waals surface area contributed by atoms with Gasteiger partial charge in [-0.25, -0.2) is 0 Å². The molecular weight excluding hydrogens is 330 g/mol. The SMILES string of the molecule is COC(=O)CC1OCC(c2ccc(Cl)cc2)N(CC2CCC2)C1=O. The Balaban J connectivity index is 1.78. The molecule has 1 saturated carbocycles. The number of benzene rings is 1. The predicted molar refractivity (Wildman–Crippen MR) is 89.6 cm³/mol. The average molecular weight is 352 g/mol. The lowest BCUT2D eigenvalue weighted by Crippen LogP contribution is -2.52. The largest absolute Gasteiger partial charge is 0.469 e. The van der Waals surface area contributed by atoms with E-state index in [1.165, 1.54) is 13.5 Å². The first-order chi connectivity index (χ1) is 11.6. The lowest BCUT2D eigenvalue weighted by atomic mass is 9.84. The van der Waals surface area contributed by atoms with Crippen LogP contribution in [0.4, 0.5) is 0 Å². The third-order valence-corrected chi connectivity index (χ3v) is 5.16. The smallest absolute Gasteiger partial charge is 0.308 e. The molecule has 24 heavy (non-hydrogen) atoms. The molecule has 6 heteroatoms. The van der Waals surface area contributed by atoms with Crippen LogP contribution in [0.3, 0.4) is 0 Å². The highest BCUT2D eigenvalue weighted by Gasteiger charge is 2.39. The van der Waals surface area contributed by atoms with Gasteiger partial charge in [0.1, 0.15) is 6.10 Å². The van der Waals surface area contributed by atoms with E-state index in [1.54, 1.807) is 0 Å². The van der Waals surface area contributed by atoms with Crippen LogP contribution in [0.2, 0.25) is 5.02 Å². The maximum absolute atomic E-state index is 12.9. The van der Waals surface area contributed by atoms with E-state index in [9.17, 15) is 9.59 Å². The van der Waals surface area contributed by atoms with E-state index in [-0.39, 0.29) is 18.4 Å². The number of nitrogens with zero attached hydrogens (tertiary/aromatic N) is 1. The summed E-state index contributed by atoms with van der Waals surface area (Å²) in [6, 6.07) is 7.37. The number of amides is 1. The third kappa shape index (κ3) is 3.73. The first-order valence-electron chi connectivity index (χ1n) is 8.33. The zero-order valence-corrected chi connectivity index (χ0v) is 14.5. The number of morpholine rings is 1. The molecule has 2 fully saturated rings. The number of carbonyl (C=O) groups excluding carboxylic acids is 2. The molecule has 0 radical (unpaired) electrons. The zero-order valence-electron chi connectivity index (χ0n) is 13.7. The Labute approximate surface area is 146 Å². The number of rotatable bonds is 5. The first-order valence-corrected chi connectivity index (χ1v) is 8.70. The van der Waals surface area contributed by atoms with Crippen molar-refractivity contribution in [1.29, 1.82) is 0 Å². The fourth-order valence-electron chi connectivity index (χ4n) is 3.22. The molecule has 1 saturated heterocycles. The van der Waals surface area contributed by atoms with Crippen LogP contribution in [0.25, 0.3) is 0 Å². The number of hydrogen-bond donors (Lipinski definition) is 0. The molecule has 1 aliphatic heterocycles. The van der Waals surface area contributed by atoms with Crippen LogP contribution in [0.5, 0.6) is 0 Å². The van der Waals surface area contributed by atoms with Gasteiger partial charge >= 0.3 is 5.97 Å². The molecule has 1 aromatic rings. The molecule has 2 atom stereocenters. The summed E-state index contributed by atoms with van der Waals surface area (Å²) in [7, 11) is 1.32. The van der Waals surface area contributed by atoms with Gasteiger partial charge in [-0.1, -0.05) is 30.2 Å². The predicted octanol–water partition coefficient (Wildman–Crippen LogP) is 2.97. The Kier molecular flexibility index (Phi) is 5.41. The van der Waals surface area contributed by atoms with Crippen molar-refractivity contribution in [2.45, 2.75) is 37.8 Å². The van der Waals surface area contributed by atoms with E-state index in [4.69, 9.17) is 16.3 Å². The maximum atomic E-state index is 12.9. The molecule has 130 valence electrons. The van der Waals surface area contributed by atoms with Crippen molar-refractivity contribution in [3.05, 3.63) is 34.9 Å². The molecule has 5 nitrogen and oxygen atoms in total. The number of hydrogen-bond acceptors (Lipinski definition) is 4. The summed E-state index contributed by atoms with van der Waals surface area (Å²) in [5, 5.41) is 0.663. The Morgan fingerprint density at radius 2 is 2.04 bits per heavy atom. The monoisotopic (exact) mass is 351 g/mol. The molecule has 3 rings (SSSR count). The highest BCUT2D eigenvalue weighted by molar-refractivity contribution is 6.30. The van der Waals surface area contributed by atoms with Crippen molar-refractivity contribution in [3.8, 4) is 0 Å². The van der Waals surface area contributed by atoms with Gasteiger partial charge in [-0.15, -0.1) is 0 Å². The van der Waals surface area contributed by atoms with Gasteiger partial charge in [-0.3, -0.25) is 9.59 Å². The minimum absolute atomic E-state index is 0.0379. The maximum Gasteiger partial charge on any atom is 0.308 e. The van der Waals surface area contributed by atoms with Crippen molar-refractivity contribution in [2.75, 3.05) is 20.3 Å². The Bertz CT molecular complexity index is 600. The summed E-state index contributed by atoms with van der Waals surface area (Å²) in [6.45, 7) is 1.09. The highest BCUT2D eigenvalue weighted by atomic mass is 35.5. The zero-order chi connectivity index (χ0) is 17.1. The summed E-state index contributed by atoms with van der Waals surface area (Å²) in [6.07, 6.45) is 2.74. The summed E-state index contributed by atoms with van der Waals surface area (Å²) >= 11 is 5.96. The quantitative estimate of drug-likeness (QED) is 0.765. The van der Waals surface area contributed by atoms with Crippen molar-refractivity contribution >= 4 is 23.5 Å². The minimum atomic E-state index is -0.749. The van der Waals surface area contributed by atoms with Gasteiger partial charge in [0.05, 0.1) is 26.2 Å². The lowest BCUT2D eigenvalue weighted by molar-refractivity contribution is -0.167. The molecule has 1 heterocycles. The van der Waals surface area contributed by atoms with Gasteiger partial charge in [0.15, 0.2) is 0 Å². The van der Waals surface area contributed by atoms with Crippen LogP contribution >= 0.6 is 11.6 Å². The fourth-order valence-corrected chi connectivity index (χ4v) is 3.35. The van der Waals surface area contributed by atoms with E-state index in [0.29, 0.717) is 24.1 Å². The Hall–Kier alpha value is -1.59. The molecule has 0 N–H and O–H groups in total. The van der Waals surface area contributed by atoms with E-state index in [1.807, 2.05) is 29.2 Å². The molecule has 2 aliphatic rings. The van der Waals surface area contributed by atoms with Gasteiger partial charge < -0.3 is 14.4 Å². The lowest BCUT2D eigenvalue weighted by Gasteiger charge is -2.42. The average Bonchev–Trinajstić information content (AvgIpc) is 2.54. The molecule has 2 unspecified atom stereocenters. The van der Waals surface area contributed by atoms with Gasteiger partial charge in [0.25, 0.3) is 5.91 Å². The highest BCUT2D eigenvalue weighted by Crippen LogP contribution is 2.34. The minimum Gasteiger partial charge on any atom is -0.469 e. The van der Waals surface area contributed by atoms with Crippen LogP contribution in [0.1, 0.15) is 37.3 Å². The number of carbonyl (C=O) groups is 2. The van der Waals surface area contributed by atoms with Crippen molar-refractivity contribution in [1.82, 2.24) is 4.90 Å². The van der Waals surface area contributed by atoms with Crippen LogP contribution in [-0.4, -0.2) is 43.1 Å². The van der Waals surface area contributed by atoms with Gasteiger partial charge in [0, 0.05) is 11.6 Å². The van der Waals surface area contributed by atoms with E-state index in [0.717, 1.165) is 18.4 Å². The molecule has 0 spiro atoms. The van der Waals surface area contributed by atoms with Crippen molar-refractivity contribution in [3.63, 3.8) is 0 Å². The van der Waals surface area contributed by atoms with Crippen LogP contribution in [0, 0.1) is 5.92 Å². The van der Waals surface area contributed by atoms with Crippen molar-refractivity contribution < 1.29 is 19.1 Å². The molecule has 1 aromatic carbocycles. The molecular formula is C18H22ClNO4. The molecule has 0 bridgehead atoms. The van der Waals surface area contributed by atoms with Gasteiger partial charge in [-0.05, 0) is 36.5 Å². The number of esters is 1. The second-order valence-corrected chi connectivity index (χ2v) is 6.89. The normalized spacial score (nSPS) is 24.6. The molecule has 1 aliphatic carbocycles. The summed E-state index contributed by atoms with van der Waals surface area (Å²) in [5.74, 6) is -0.0130. The number of ether oxygens (including phenoxy) is 2. The third-order valence-electron chi connectivity index (χ3n) is 4.90. The van der Waals surface area contributed by atoms with Gasteiger partial charge in [0.2, 0.25) is 0 Å². The summed E-state index contributed by atoms with van der Waals surface area (Å²) in [5.41, 5.74) is 1.00.